The number of carbonyl (C=O) groups is 2. The topological polar surface area (TPSA) is 121 Å². The van der Waals surface area contributed by atoms with E-state index in [1.807, 2.05) is 24.5 Å². The highest BCUT2D eigenvalue weighted by molar-refractivity contribution is 7.89. The number of imide groups is 1. The van der Waals surface area contributed by atoms with Crippen LogP contribution in [0.1, 0.15) is 42.6 Å². The molecule has 0 bridgehead atoms. The van der Waals surface area contributed by atoms with Gasteiger partial charge in [0.15, 0.2) is 0 Å². The number of carbonyl (C=O) groups excluding carboxylic acids is 2. The maximum absolute atomic E-state index is 13.0. The van der Waals surface area contributed by atoms with Crippen LogP contribution >= 0.6 is 0 Å². The molecule has 3 amide bonds. The van der Waals surface area contributed by atoms with E-state index < -0.39 is 33.3 Å². The van der Waals surface area contributed by atoms with E-state index in [-0.39, 0.29) is 6.54 Å². The first-order valence-electron chi connectivity index (χ1n) is 10.3. The van der Waals surface area contributed by atoms with Gasteiger partial charge in [-0.25, -0.2) is 23.2 Å². The van der Waals surface area contributed by atoms with Crippen LogP contribution in [0.4, 0.5) is 4.79 Å². The molecule has 31 heavy (non-hydrogen) atoms. The second kappa shape index (κ2) is 7.10. The Bertz CT molecular complexity index is 1180. The molecule has 2 aliphatic heterocycles. The van der Waals surface area contributed by atoms with E-state index in [9.17, 15) is 18.0 Å². The lowest BCUT2D eigenvalue weighted by Gasteiger charge is -2.31. The van der Waals surface area contributed by atoms with Crippen LogP contribution in [0.5, 0.6) is 0 Å². The minimum absolute atomic E-state index is 0.237. The number of hydrogen-bond acceptors (Lipinski definition) is 6. The Morgan fingerprint density at radius 2 is 1.87 bits per heavy atom. The molecule has 3 heterocycles. The van der Waals surface area contributed by atoms with E-state index >= 15 is 0 Å². The summed E-state index contributed by atoms with van der Waals surface area (Å²) in [5.41, 5.74) is 2.51. The number of sulfonamides is 1. The molecule has 10 heteroatoms. The van der Waals surface area contributed by atoms with Crippen LogP contribution in [0.2, 0.25) is 0 Å². The van der Waals surface area contributed by atoms with Gasteiger partial charge >= 0.3 is 6.03 Å². The van der Waals surface area contributed by atoms with Crippen molar-refractivity contribution in [2.45, 2.75) is 44.2 Å². The normalized spacial score (nSPS) is 23.9. The zero-order valence-corrected chi connectivity index (χ0v) is 17.9. The molecule has 162 valence electrons. The van der Waals surface area contributed by atoms with Crippen molar-refractivity contribution in [2.75, 3.05) is 12.3 Å². The van der Waals surface area contributed by atoms with Gasteiger partial charge in [0.05, 0.1) is 5.75 Å². The van der Waals surface area contributed by atoms with Crippen LogP contribution in [0.3, 0.4) is 0 Å². The number of fused-ring (bicyclic) bond motifs is 1. The first-order chi connectivity index (χ1) is 14.7. The Morgan fingerprint density at radius 3 is 2.52 bits per heavy atom. The quantitative estimate of drug-likeness (QED) is 0.675. The molecule has 1 aromatic heterocycles. The highest BCUT2D eigenvalue weighted by Crippen LogP contribution is 2.38. The van der Waals surface area contributed by atoms with Gasteiger partial charge in [-0.15, -0.1) is 0 Å². The van der Waals surface area contributed by atoms with Gasteiger partial charge in [-0.05, 0) is 42.9 Å². The monoisotopic (exact) mass is 441 g/mol. The molecule has 2 N–H and O–H groups in total. The van der Waals surface area contributed by atoms with Crippen molar-refractivity contribution in [3.05, 3.63) is 47.5 Å². The van der Waals surface area contributed by atoms with E-state index in [0.29, 0.717) is 18.9 Å². The van der Waals surface area contributed by atoms with Crippen molar-refractivity contribution >= 4 is 22.0 Å². The van der Waals surface area contributed by atoms with Crippen molar-refractivity contribution in [1.82, 2.24) is 24.9 Å². The molecule has 1 aliphatic carbocycles. The van der Waals surface area contributed by atoms with E-state index in [4.69, 9.17) is 0 Å². The molecule has 1 aromatic carbocycles. The second-order valence-corrected chi connectivity index (χ2v) is 10.6. The van der Waals surface area contributed by atoms with Gasteiger partial charge in [0.2, 0.25) is 10.0 Å². The molecule has 0 unspecified atom stereocenters. The minimum atomic E-state index is -3.76. The summed E-state index contributed by atoms with van der Waals surface area (Å²) in [7, 11) is -3.76. The van der Waals surface area contributed by atoms with Gasteiger partial charge < -0.3 is 5.32 Å². The molecule has 0 radical (unpaired) electrons. The van der Waals surface area contributed by atoms with Crippen LogP contribution in [-0.4, -0.2) is 52.5 Å². The SMILES string of the molecule is C[C@]1(CS(=O)(=O)N2CCc3cc(-c4cnc(C5CC5)nc4)ccc3C2)NC(=O)NC1=O. The molecular weight excluding hydrogens is 418 g/mol. The Morgan fingerprint density at radius 1 is 1.13 bits per heavy atom. The van der Waals surface area contributed by atoms with Crippen molar-refractivity contribution < 1.29 is 18.0 Å². The summed E-state index contributed by atoms with van der Waals surface area (Å²) < 4.78 is 27.3. The van der Waals surface area contributed by atoms with Crippen LogP contribution in [0.25, 0.3) is 11.1 Å². The standard InChI is InChI=1S/C21H23N5O4S/c1-21(19(27)24-20(28)25-21)12-31(29,30)26-7-6-15-8-14(4-5-16(15)11-26)17-9-22-18(23-10-17)13-2-3-13/h4-5,8-10,13H,2-3,6-7,11-12H2,1H3,(H2,24,25,27,28)/t21-/m1/s1. The lowest BCUT2D eigenvalue weighted by Crippen LogP contribution is -2.53. The number of rotatable bonds is 5. The highest BCUT2D eigenvalue weighted by atomic mass is 32.2. The zero-order chi connectivity index (χ0) is 21.8. The zero-order valence-electron chi connectivity index (χ0n) is 17.1. The Labute approximate surface area is 180 Å². The summed E-state index contributed by atoms with van der Waals surface area (Å²) >= 11 is 0. The average molecular weight is 442 g/mol. The minimum Gasteiger partial charge on any atom is -0.322 e. The third-order valence-electron chi connectivity index (χ3n) is 6.11. The molecular formula is C21H23N5O4S. The average Bonchev–Trinajstić information content (AvgIpc) is 3.54. The van der Waals surface area contributed by atoms with Crippen molar-refractivity contribution in [2.24, 2.45) is 0 Å². The lowest BCUT2D eigenvalue weighted by atomic mass is 9.96. The summed E-state index contributed by atoms with van der Waals surface area (Å²) in [6.07, 6.45) is 6.59. The van der Waals surface area contributed by atoms with Crippen LogP contribution in [0, 0.1) is 0 Å². The first kappa shape index (κ1) is 20.1. The van der Waals surface area contributed by atoms with Gasteiger partial charge in [-0.2, -0.15) is 4.31 Å². The van der Waals surface area contributed by atoms with E-state index in [0.717, 1.165) is 40.9 Å². The fourth-order valence-electron chi connectivity index (χ4n) is 4.12. The first-order valence-corrected chi connectivity index (χ1v) is 11.9. The molecule has 1 saturated heterocycles. The van der Waals surface area contributed by atoms with Gasteiger partial charge in [-0.3, -0.25) is 10.1 Å². The number of urea groups is 1. The van der Waals surface area contributed by atoms with Crippen molar-refractivity contribution in [3.8, 4) is 11.1 Å². The maximum atomic E-state index is 13.0. The smallest absolute Gasteiger partial charge is 0.322 e. The molecule has 9 nitrogen and oxygen atoms in total. The van der Waals surface area contributed by atoms with Gasteiger partial charge in [0.1, 0.15) is 11.4 Å². The summed E-state index contributed by atoms with van der Waals surface area (Å²) in [5, 5.41) is 4.52. The maximum Gasteiger partial charge on any atom is 0.322 e. The van der Waals surface area contributed by atoms with Crippen molar-refractivity contribution in [1.29, 1.82) is 0 Å². The number of aromatic nitrogens is 2. The number of benzene rings is 1. The van der Waals surface area contributed by atoms with E-state index in [1.54, 1.807) is 0 Å². The fraction of sp³-hybridized carbons (Fsp3) is 0.429. The molecule has 2 fully saturated rings. The van der Waals surface area contributed by atoms with Gasteiger partial charge in [0.25, 0.3) is 5.91 Å². The molecule has 3 aliphatic rings. The fourth-order valence-corrected chi connectivity index (χ4v) is 5.94. The van der Waals surface area contributed by atoms with E-state index in [2.05, 4.69) is 26.7 Å². The number of nitrogens with zero attached hydrogens (tertiary/aromatic N) is 3. The highest BCUT2D eigenvalue weighted by Gasteiger charge is 2.46. The third-order valence-corrected chi connectivity index (χ3v) is 8.15. The van der Waals surface area contributed by atoms with Gasteiger partial charge in [0, 0.05) is 37.0 Å². The van der Waals surface area contributed by atoms with E-state index in [1.165, 1.54) is 11.2 Å². The van der Waals surface area contributed by atoms with Crippen LogP contribution in [0.15, 0.2) is 30.6 Å². The summed E-state index contributed by atoms with van der Waals surface area (Å²) in [6.45, 7) is 1.98. The van der Waals surface area contributed by atoms with Crippen LogP contribution < -0.4 is 10.6 Å². The Kier molecular flexibility index (Phi) is 4.60. The molecule has 2 aromatic rings. The Hall–Kier alpha value is -2.85. The molecule has 5 rings (SSSR count). The molecule has 0 spiro atoms. The van der Waals surface area contributed by atoms with Gasteiger partial charge in [-0.1, -0.05) is 18.2 Å². The van der Waals surface area contributed by atoms with Crippen molar-refractivity contribution in [3.63, 3.8) is 0 Å². The number of amides is 3. The summed E-state index contributed by atoms with van der Waals surface area (Å²) in [5.74, 6) is 0.313. The third kappa shape index (κ3) is 3.81. The Balaban J connectivity index is 1.32. The number of nitrogens with one attached hydrogen (secondary N) is 2. The van der Waals surface area contributed by atoms with Crippen LogP contribution in [-0.2, 0) is 27.8 Å². The lowest BCUT2D eigenvalue weighted by molar-refractivity contribution is -0.122. The second-order valence-electron chi connectivity index (χ2n) is 8.67. The summed E-state index contributed by atoms with van der Waals surface area (Å²) in [6, 6.07) is 5.29. The largest absolute Gasteiger partial charge is 0.322 e. The number of hydrogen-bond donors (Lipinski definition) is 2. The predicted molar refractivity (Wildman–Crippen MR) is 112 cm³/mol. The molecule has 1 saturated carbocycles. The summed E-state index contributed by atoms with van der Waals surface area (Å²) in [4.78, 5) is 32.4. The predicted octanol–water partition coefficient (Wildman–Crippen LogP) is 1.31. The molecule has 1 atom stereocenters.